The predicted molar refractivity (Wildman–Crippen MR) is 104 cm³/mol. The second-order valence-electron chi connectivity index (χ2n) is 7.21. The van der Waals surface area contributed by atoms with Crippen LogP contribution in [0, 0.1) is 17.2 Å². The van der Waals surface area contributed by atoms with Crippen LogP contribution in [0.25, 0.3) is 0 Å². The van der Waals surface area contributed by atoms with E-state index in [0.717, 1.165) is 38.1 Å². The van der Waals surface area contributed by atoms with E-state index in [1.165, 1.54) is 5.56 Å². The van der Waals surface area contributed by atoms with Gasteiger partial charge in [-0.1, -0.05) is 30.3 Å². The molecule has 0 bridgehead atoms. The topological polar surface area (TPSA) is 60.5 Å². The van der Waals surface area contributed by atoms with Gasteiger partial charge in [-0.25, -0.2) is 0 Å². The minimum atomic E-state index is 0.151. The zero-order valence-electron chi connectivity index (χ0n) is 15.7. The van der Waals surface area contributed by atoms with Gasteiger partial charge < -0.3 is 9.32 Å². The van der Waals surface area contributed by atoms with Gasteiger partial charge in [0.05, 0.1) is 25.4 Å². The minimum Gasteiger partial charge on any atom is -0.468 e. The molecule has 5 nitrogen and oxygen atoms in total. The molecule has 1 amide bonds. The van der Waals surface area contributed by atoms with Crippen LogP contribution in [0.2, 0.25) is 0 Å². The number of piperidine rings is 1. The third-order valence-corrected chi connectivity index (χ3v) is 5.19. The van der Waals surface area contributed by atoms with E-state index in [0.29, 0.717) is 32.0 Å². The summed E-state index contributed by atoms with van der Waals surface area (Å²) in [4.78, 5) is 16.7. The zero-order chi connectivity index (χ0) is 18.9. The Labute approximate surface area is 161 Å². The van der Waals surface area contributed by atoms with Crippen LogP contribution < -0.4 is 0 Å². The molecule has 0 aliphatic carbocycles. The highest BCUT2D eigenvalue weighted by atomic mass is 16.3. The molecule has 0 radical (unpaired) electrons. The molecule has 5 heteroatoms. The van der Waals surface area contributed by atoms with E-state index in [2.05, 4.69) is 30.3 Å². The molecule has 142 valence electrons. The van der Waals surface area contributed by atoms with Crippen molar-refractivity contribution in [2.45, 2.75) is 32.2 Å². The van der Waals surface area contributed by atoms with Gasteiger partial charge in [-0.2, -0.15) is 5.26 Å². The molecule has 1 aromatic carbocycles. The largest absolute Gasteiger partial charge is 0.468 e. The fraction of sp³-hybridized carbons (Fsp3) is 0.455. The van der Waals surface area contributed by atoms with Crippen LogP contribution in [-0.2, 0) is 17.8 Å². The van der Waals surface area contributed by atoms with Crippen molar-refractivity contribution in [1.29, 1.82) is 5.26 Å². The first-order chi connectivity index (χ1) is 13.2. The van der Waals surface area contributed by atoms with Gasteiger partial charge >= 0.3 is 0 Å². The van der Waals surface area contributed by atoms with Crippen molar-refractivity contribution in [3.05, 3.63) is 60.1 Å². The number of nitriles is 1. The summed E-state index contributed by atoms with van der Waals surface area (Å²) in [6.45, 7) is 3.12. The molecule has 27 heavy (non-hydrogen) atoms. The third kappa shape index (κ3) is 5.97. The molecule has 0 spiro atoms. The highest BCUT2D eigenvalue weighted by Crippen LogP contribution is 2.22. The Kier molecular flexibility index (Phi) is 7.06. The van der Waals surface area contributed by atoms with Crippen molar-refractivity contribution in [1.82, 2.24) is 9.80 Å². The number of rotatable bonds is 8. The number of nitrogens with zero attached hydrogens (tertiary/aromatic N) is 3. The summed E-state index contributed by atoms with van der Waals surface area (Å²) in [5, 5.41) is 8.88. The maximum atomic E-state index is 12.7. The molecule has 1 saturated heterocycles. The number of hydrogen-bond donors (Lipinski definition) is 0. The highest BCUT2D eigenvalue weighted by Gasteiger charge is 2.24. The standard InChI is InChI=1S/C22H27N3O2/c23-11-5-12-24(17-21-8-4-15-27-21)18-22(26)25-13-9-20(10-14-25)16-19-6-2-1-3-7-19/h1-4,6-8,15,20H,5,9-10,12-14,16-18H2. The molecule has 0 unspecified atom stereocenters. The average Bonchev–Trinajstić information content (AvgIpc) is 3.20. The van der Waals surface area contributed by atoms with Crippen LogP contribution in [0.5, 0.6) is 0 Å². The first-order valence-corrected chi connectivity index (χ1v) is 9.68. The lowest BCUT2D eigenvalue weighted by Gasteiger charge is -2.33. The summed E-state index contributed by atoms with van der Waals surface area (Å²) >= 11 is 0. The molecule has 1 aliphatic rings. The van der Waals surface area contributed by atoms with E-state index in [4.69, 9.17) is 9.68 Å². The minimum absolute atomic E-state index is 0.151. The van der Waals surface area contributed by atoms with E-state index in [1.807, 2.05) is 28.0 Å². The molecule has 0 atom stereocenters. The highest BCUT2D eigenvalue weighted by molar-refractivity contribution is 5.78. The molecule has 0 N–H and O–H groups in total. The first-order valence-electron chi connectivity index (χ1n) is 9.68. The predicted octanol–water partition coefficient (Wildman–Crippen LogP) is 3.48. The maximum absolute atomic E-state index is 12.7. The molecule has 2 aromatic rings. The van der Waals surface area contributed by atoms with Crippen molar-refractivity contribution < 1.29 is 9.21 Å². The molecule has 1 fully saturated rings. The van der Waals surface area contributed by atoms with Gasteiger partial charge in [0.25, 0.3) is 0 Å². The molecule has 2 heterocycles. The number of amides is 1. The first kappa shape index (κ1) is 19.2. The van der Waals surface area contributed by atoms with Crippen LogP contribution in [0.15, 0.2) is 53.1 Å². The van der Waals surface area contributed by atoms with E-state index in [1.54, 1.807) is 6.26 Å². The van der Waals surface area contributed by atoms with Gasteiger partial charge in [0.15, 0.2) is 0 Å². The van der Waals surface area contributed by atoms with Crippen molar-refractivity contribution in [3.8, 4) is 6.07 Å². The summed E-state index contributed by atoms with van der Waals surface area (Å²) in [6.07, 6.45) is 5.24. The van der Waals surface area contributed by atoms with Crippen LogP contribution in [-0.4, -0.2) is 41.9 Å². The van der Waals surface area contributed by atoms with Crippen LogP contribution in [0.4, 0.5) is 0 Å². The molecular formula is C22H27N3O2. The average molecular weight is 365 g/mol. The summed E-state index contributed by atoms with van der Waals surface area (Å²) in [6, 6.07) is 16.5. The fourth-order valence-corrected chi connectivity index (χ4v) is 3.67. The number of furan rings is 1. The molecule has 1 aromatic heterocycles. The Morgan fingerprint density at radius 3 is 2.63 bits per heavy atom. The third-order valence-electron chi connectivity index (χ3n) is 5.19. The Morgan fingerprint density at radius 2 is 1.96 bits per heavy atom. The molecular weight excluding hydrogens is 338 g/mol. The van der Waals surface area contributed by atoms with Crippen LogP contribution >= 0.6 is 0 Å². The van der Waals surface area contributed by atoms with Crippen molar-refractivity contribution in [3.63, 3.8) is 0 Å². The van der Waals surface area contributed by atoms with E-state index < -0.39 is 0 Å². The number of hydrogen-bond acceptors (Lipinski definition) is 4. The van der Waals surface area contributed by atoms with Gasteiger partial charge in [0, 0.05) is 26.1 Å². The summed E-state index contributed by atoms with van der Waals surface area (Å²) in [5.74, 6) is 1.62. The Morgan fingerprint density at radius 1 is 1.19 bits per heavy atom. The number of likely N-dealkylation sites (tertiary alicyclic amines) is 1. The smallest absolute Gasteiger partial charge is 0.236 e. The Balaban J connectivity index is 1.47. The lowest BCUT2D eigenvalue weighted by Crippen LogP contribution is -2.44. The summed E-state index contributed by atoms with van der Waals surface area (Å²) in [7, 11) is 0. The second kappa shape index (κ2) is 9.94. The summed E-state index contributed by atoms with van der Waals surface area (Å²) in [5.41, 5.74) is 1.38. The Hall–Kier alpha value is -2.58. The van der Waals surface area contributed by atoms with Crippen LogP contribution in [0.3, 0.4) is 0 Å². The second-order valence-corrected chi connectivity index (χ2v) is 7.21. The molecule has 3 rings (SSSR count). The number of benzene rings is 1. The van der Waals surface area contributed by atoms with E-state index >= 15 is 0 Å². The van der Waals surface area contributed by atoms with Crippen LogP contribution in [0.1, 0.15) is 30.6 Å². The van der Waals surface area contributed by atoms with Crippen molar-refractivity contribution in [2.75, 3.05) is 26.2 Å². The summed E-state index contributed by atoms with van der Waals surface area (Å²) < 4.78 is 5.39. The number of carbonyl (C=O) groups excluding carboxylic acids is 1. The quantitative estimate of drug-likeness (QED) is 0.719. The van der Waals surface area contributed by atoms with Gasteiger partial charge in [0.2, 0.25) is 5.91 Å². The number of carbonyl (C=O) groups is 1. The van der Waals surface area contributed by atoms with E-state index in [-0.39, 0.29) is 5.91 Å². The van der Waals surface area contributed by atoms with Gasteiger partial charge in [-0.15, -0.1) is 0 Å². The normalized spacial score (nSPS) is 15.0. The maximum Gasteiger partial charge on any atom is 0.236 e. The van der Waals surface area contributed by atoms with Crippen molar-refractivity contribution in [2.24, 2.45) is 5.92 Å². The van der Waals surface area contributed by atoms with Gasteiger partial charge in [-0.3, -0.25) is 9.69 Å². The lowest BCUT2D eigenvalue weighted by molar-refractivity contribution is -0.134. The van der Waals surface area contributed by atoms with Gasteiger partial charge in [-0.05, 0) is 42.9 Å². The monoisotopic (exact) mass is 365 g/mol. The fourth-order valence-electron chi connectivity index (χ4n) is 3.67. The SMILES string of the molecule is N#CCCN(CC(=O)N1CCC(Cc2ccccc2)CC1)Cc1ccco1. The Bertz CT molecular complexity index is 729. The lowest BCUT2D eigenvalue weighted by atomic mass is 9.90. The van der Waals surface area contributed by atoms with E-state index in [9.17, 15) is 4.79 Å². The molecule has 0 saturated carbocycles. The van der Waals surface area contributed by atoms with Gasteiger partial charge in [0.1, 0.15) is 5.76 Å². The molecule has 1 aliphatic heterocycles. The zero-order valence-corrected chi connectivity index (χ0v) is 15.7. The van der Waals surface area contributed by atoms with Crippen molar-refractivity contribution >= 4 is 5.91 Å².